The van der Waals surface area contributed by atoms with Gasteiger partial charge in [-0.1, -0.05) is 35.0 Å². The minimum Gasteiger partial charge on any atom is -0.350 e. The minimum atomic E-state index is -3.47. The Kier molecular flexibility index (Phi) is 5.89. The van der Waals surface area contributed by atoms with Gasteiger partial charge in [-0.2, -0.15) is 0 Å². The second kappa shape index (κ2) is 7.34. The molecule has 1 aliphatic carbocycles. The molecule has 1 aliphatic rings. The third kappa shape index (κ3) is 5.92. The molecule has 2 rings (SSSR count). The number of sulfone groups is 1. The molecule has 1 aromatic carbocycles. The van der Waals surface area contributed by atoms with E-state index in [2.05, 4.69) is 28.2 Å². The van der Waals surface area contributed by atoms with E-state index in [-0.39, 0.29) is 11.3 Å². The second-order valence-electron chi connectivity index (χ2n) is 6.95. The Hall–Kier alpha value is -0.880. The Morgan fingerprint density at radius 1 is 1.35 bits per heavy atom. The van der Waals surface area contributed by atoms with Crippen molar-refractivity contribution >= 4 is 31.7 Å². The maximum absolute atomic E-state index is 12.2. The zero-order valence-electron chi connectivity index (χ0n) is 13.6. The van der Waals surface area contributed by atoms with Gasteiger partial charge < -0.3 is 5.32 Å². The highest BCUT2D eigenvalue weighted by molar-refractivity contribution is 9.10. The van der Waals surface area contributed by atoms with Crippen molar-refractivity contribution in [3.05, 3.63) is 34.3 Å². The summed E-state index contributed by atoms with van der Waals surface area (Å²) in [7, 11) is -3.47. The van der Waals surface area contributed by atoms with Gasteiger partial charge in [-0.3, -0.25) is 4.79 Å². The van der Waals surface area contributed by atoms with Crippen LogP contribution in [0.25, 0.3) is 0 Å². The summed E-state index contributed by atoms with van der Waals surface area (Å²) >= 11 is 3.32. The Morgan fingerprint density at radius 2 is 2.00 bits per heavy atom. The molecule has 1 saturated carbocycles. The number of nitrogens with one attached hydrogen (secondary N) is 1. The van der Waals surface area contributed by atoms with E-state index in [0.717, 1.165) is 30.2 Å². The largest absolute Gasteiger partial charge is 0.350 e. The van der Waals surface area contributed by atoms with Crippen LogP contribution >= 0.6 is 15.9 Å². The van der Waals surface area contributed by atoms with Gasteiger partial charge >= 0.3 is 0 Å². The molecule has 0 atom stereocenters. The fourth-order valence-electron chi connectivity index (χ4n) is 3.03. The lowest BCUT2D eigenvalue weighted by atomic mass is 9.78. The van der Waals surface area contributed by atoms with Crippen LogP contribution in [0.3, 0.4) is 0 Å². The normalized spacial score (nSPS) is 25.1. The molecular formula is C17H24BrNO3S. The predicted octanol–water partition coefficient (Wildman–Crippen LogP) is 3.45. The Balaban J connectivity index is 1.93. The summed E-state index contributed by atoms with van der Waals surface area (Å²) in [5, 5.41) is 2.94. The molecule has 0 spiro atoms. The molecule has 0 bridgehead atoms. The highest BCUT2D eigenvalue weighted by Gasteiger charge is 2.32. The van der Waals surface area contributed by atoms with Crippen LogP contribution in [0.5, 0.6) is 0 Å². The molecule has 0 radical (unpaired) electrons. The summed E-state index contributed by atoms with van der Waals surface area (Å²) in [5.74, 6) is -0.282. The molecule has 1 N–H and O–H groups in total. The van der Waals surface area contributed by atoms with Gasteiger partial charge in [0.2, 0.25) is 5.91 Å². The summed E-state index contributed by atoms with van der Waals surface area (Å²) in [6.07, 6.45) is 3.96. The first-order valence-corrected chi connectivity index (χ1v) is 10.5. The maximum atomic E-state index is 12.2. The van der Waals surface area contributed by atoms with E-state index < -0.39 is 21.5 Å². The third-order valence-electron chi connectivity index (χ3n) is 4.45. The summed E-state index contributed by atoms with van der Waals surface area (Å²) < 4.78 is 25.3. The average molecular weight is 402 g/mol. The molecule has 0 aromatic heterocycles. The van der Waals surface area contributed by atoms with Crippen molar-refractivity contribution in [3.63, 3.8) is 0 Å². The monoisotopic (exact) mass is 401 g/mol. The van der Waals surface area contributed by atoms with Crippen LogP contribution in [-0.2, 0) is 20.4 Å². The molecule has 128 valence electrons. The van der Waals surface area contributed by atoms with E-state index in [4.69, 9.17) is 0 Å². The van der Waals surface area contributed by atoms with Gasteiger partial charge in [-0.25, -0.2) is 8.42 Å². The fourth-order valence-corrected chi connectivity index (χ4v) is 4.74. The van der Waals surface area contributed by atoms with Crippen molar-refractivity contribution in [2.24, 2.45) is 5.92 Å². The highest BCUT2D eigenvalue weighted by atomic mass is 79.9. The van der Waals surface area contributed by atoms with Crippen LogP contribution < -0.4 is 5.32 Å². The van der Waals surface area contributed by atoms with Crippen LogP contribution in [0.4, 0.5) is 0 Å². The Bertz CT molecular complexity index is 664. The molecule has 1 aromatic rings. The van der Waals surface area contributed by atoms with Crippen LogP contribution in [0, 0.1) is 5.92 Å². The predicted molar refractivity (Wildman–Crippen MR) is 95.8 cm³/mol. The first kappa shape index (κ1) is 18.5. The SMILES string of the molecule is CC1CCC(C)(NC(=O)CS(=O)(=O)Cc2cccc(Br)c2)CC1. The number of halogens is 1. The van der Waals surface area contributed by atoms with Gasteiger partial charge in [0.1, 0.15) is 5.75 Å². The van der Waals surface area contributed by atoms with Crippen LogP contribution in [-0.4, -0.2) is 25.6 Å². The number of hydrogen-bond donors (Lipinski definition) is 1. The van der Waals surface area contributed by atoms with Crippen molar-refractivity contribution in [2.75, 3.05) is 5.75 Å². The van der Waals surface area contributed by atoms with E-state index in [1.54, 1.807) is 18.2 Å². The van der Waals surface area contributed by atoms with Gasteiger partial charge in [0.25, 0.3) is 0 Å². The molecule has 6 heteroatoms. The molecule has 0 saturated heterocycles. The lowest BCUT2D eigenvalue weighted by Gasteiger charge is -2.37. The molecule has 1 amide bonds. The van der Waals surface area contributed by atoms with Gasteiger partial charge in [0, 0.05) is 10.0 Å². The standard InChI is InChI=1S/C17H24BrNO3S/c1-13-6-8-17(2,9-7-13)19-16(20)12-23(21,22)11-14-4-3-5-15(18)10-14/h3-5,10,13H,6-9,11-12H2,1-2H3,(H,19,20). The number of carbonyl (C=O) groups excluding carboxylic acids is 1. The molecule has 0 heterocycles. The van der Waals surface area contributed by atoms with Crippen molar-refractivity contribution < 1.29 is 13.2 Å². The molecule has 0 aliphatic heterocycles. The van der Waals surface area contributed by atoms with E-state index in [0.29, 0.717) is 11.5 Å². The number of rotatable bonds is 5. The fraction of sp³-hybridized carbons (Fsp3) is 0.588. The highest BCUT2D eigenvalue weighted by Crippen LogP contribution is 2.31. The lowest BCUT2D eigenvalue weighted by molar-refractivity contribution is -0.120. The Labute approximate surface area is 147 Å². The third-order valence-corrected chi connectivity index (χ3v) is 6.41. The van der Waals surface area contributed by atoms with E-state index in [1.807, 2.05) is 13.0 Å². The molecule has 0 unspecified atom stereocenters. The molecule has 4 nitrogen and oxygen atoms in total. The number of hydrogen-bond acceptors (Lipinski definition) is 3. The summed E-state index contributed by atoms with van der Waals surface area (Å²) in [6, 6.07) is 7.15. The van der Waals surface area contributed by atoms with Crippen LogP contribution in [0.15, 0.2) is 28.7 Å². The summed E-state index contributed by atoms with van der Waals surface area (Å²) in [6.45, 7) is 4.22. The smallest absolute Gasteiger partial charge is 0.235 e. The van der Waals surface area contributed by atoms with Crippen molar-refractivity contribution in [1.29, 1.82) is 0 Å². The Morgan fingerprint density at radius 3 is 2.61 bits per heavy atom. The zero-order chi connectivity index (χ0) is 17.1. The summed E-state index contributed by atoms with van der Waals surface area (Å²) in [5.41, 5.74) is 0.416. The average Bonchev–Trinajstić information content (AvgIpc) is 2.41. The quantitative estimate of drug-likeness (QED) is 0.821. The van der Waals surface area contributed by atoms with E-state index in [9.17, 15) is 13.2 Å². The van der Waals surface area contributed by atoms with Crippen molar-refractivity contribution in [3.8, 4) is 0 Å². The molecule has 23 heavy (non-hydrogen) atoms. The summed E-state index contributed by atoms with van der Waals surface area (Å²) in [4.78, 5) is 12.2. The molecule has 1 fully saturated rings. The van der Waals surface area contributed by atoms with Crippen molar-refractivity contribution in [1.82, 2.24) is 5.32 Å². The van der Waals surface area contributed by atoms with Crippen LogP contribution in [0.1, 0.15) is 45.1 Å². The number of benzene rings is 1. The van der Waals surface area contributed by atoms with E-state index in [1.165, 1.54) is 0 Å². The van der Waals surface area contributed by atoms with Gasteiger partial charge in [-0.15, -0.1) is 0 Å². The maximum Gasteiger partial charge on any atom is 0.235 e. The lowest BCUT2D eigenvalue weighted by Crippen LogP contribution is -2.49. The first-order valence-electron chi connectivity index (χ1n) is 7.93. The number of carbonyl (C=O) groups is 1. The topological polar surface area (TPSA) is 63.2 Å². The van der Waals surface area contributed by atoms with Gasteiger partial charge in [0.05, 0.1) is 5.75 Å². The minimum absolute atomic E-state index is 0.117. The van der Waals surface area contributed by atoms with Crippen molar-refractivity contribution in [2.45, 2.75) is 50.8 Å². The van der Waals surface area contributed by atoms with Gasteiger partial charge in [-0.05, 0) is 56.2 Å². The van der Waals surface area contributed by atoms with Crippen LogP contribution in [0.2, 0.25) is 0 Å². The second-order valence-corrected chi connectivity index (χ2v) is 9.93. The molecular weight excluding hydrogens is 378 g/mol. The van der Waals surface area contributed by atoms with E-state index >= 15 is 0 Å². The zero-order valence-corrected chi connectivity index (χ0v) is 16.0. The number of amides is 1. The van der Waals surface area contributed by atoms with Gasteiger partial charge in [0.15, 0.2) is 9.84 Å². The first-order chi connectivity index (χ1) is 10.7.